The monoisotopic (exact) mass is 479 g/mol. The topological polar surface area (TPSA) is 79.4 Å². The van der Waals surface area contributed by atoms with Crippen molar-refractivity contribution >= 4 is 48.9 Å². The molecule has 1 heterocycles. The Labute approximate surface area is 176 Å². The fraction of sp³-hybridized carbons (Fsp3) is 0.158. The third kappa shape index (κ3) is 4.85. The second-order valence-corrected chi connectivity index (χ2v) is 10.1. The maximum Gasteiger partial charge on any atom is 0.242 e. The van der Waals surface area contributed by atoms with Crippen molar-refractivity contribution in [3.8, 4) is 10.6 Å². The summed E-state index contributed by atoms with van der Waals surface area (Å²) in [6.07, 6.45) is 0.141. The number of amides is 1. The summed E-state index contributed by atoms with van der Waals surface area (Å²) >= 11 is 4.92. The Morgan fingerprint density at radius 3 is 2.54 bits per heavy atom. The van der Waals surface area contributed by atoms with Gasteiger partial charge in [0.15, 0.2) is 0 Å². The summed E-state index contributed by atoms with van der Waals surface area (Å²) in [6, 6.07) is 13.9. The normalized spacial score (nSPS) is 11.6. The molecule has 3 aromatic rings. The van der Waals surface area contributed by atoms with Crippen LogP contribution in [0.25, 0.3) is 10.6 Å². The van der Waals surface area contributed by atoms with Gasteiger partial charge in [-0.1, -0.05) is 28.1 Å². The van der Waals surface area contributed by atoms with Crippen molar-refractivity contribution in [2.75, 3.05) is 19.4 Å². The van der Waals surface area contributed by atoms with E-state index in [9.17, 15) is 13.2 Å². The number of sulfonamides is 1. The summed E-state index contributed by atoms with van der Waals surface area (Å²) in [5.74, 6) is -0.214. The molecular weight excluding hydrogens is 462 g/mol. The summed E-state index contributed by atoms with van der Waals surface area (Å²) in [5.41, 5.74) is 2.21. The Kier molecular flexibility index (Phi) is 6.29. The molecule has 0 bridgehead atoms. The minimum absolute atomic E-state index is 0.141. The molecule has 9 heteroatoms. The molecule has 0 aliphatic heterocycles. The smallest absolute Gasteiger partial charge is 0.242 e. The second-order valence-electron chi connectivity index (χ2n) is 6.19. The first-order chi connectivity index (χ1) is 13.3. The van der Waals surface area contributed by atoms with Crippen molar-refractivity contribution < 1.29 is 13.2 Å². The Morgan fingerprint density at radius 1 is 1.18 bits per heavy atom. The van der Waals surface area contributed by atoms with E-state index in [1.165, 1.54) is 37.6 Å². The quantitative estimate of drug-likeness (QED) is 0.579. The summed E-state index contributed by atoms with van der Waals surface area (Å²) in [5, 5.41) is 5.48. The molecule has 0 fully saturated rings. The van der Waals surface area contributed by atoms with Gasteiger partial charge in [0, 0.05) is 35.2 Å². The van der Waals surface area contributed by atoms with Crippen molar-refractivity contribution in [2.24, 2.45) is 0 Å². The fourth-order valence-corrected chi connectivity index (χ4v) is 4.55. The molecule has 28 heavy (non-hydrogen) atoms. The number of benzene rings is 2. The molecule has 1 amide bonds. The highest BCUT2D eigenvalue weighted by molar-refractivity contribution is 9.10. The molecule has 6 nitrogen and oxygen atoms in total. The van der Waals surface area contributed by atoms with Crippen LogP contribution in [0.2, 0.25) is 0 Å². The van der Waals surface area contributed by atoms with Crippen LogP contribution in [0.1, 0.15) is 5.69 Å². The molecule has 146 valence electrons. The van der Waals surface area contributed by atoms with Gasteiger partial charge in [0.05, 0.1) is 17.0 Å². The zero-order chi connectivity index (χ0) is 20.3. The minimum atomic E-state index is -3.49. The lowest BCUT2D eigenvalue weighted by atomic mass is 10.2. The number of rotatable bonds is 6. The second kappa shape index (κ2) is 8.52. The van der Waals surface area contributed by atoms with Crippen LogP contribution in [0.5, 0.6) is 0 Å². The van der Waals surface area contributed by atoms with E-state index < -0.39 is 10.0 Å². The van der Waals surface area contributed by atoms with Crippen LogP contribution in [0.3, 0.4) is 0 Å². The number of hydrogen-bond donors (Lipinski definition) is 1. The van der Waals surface area contributed by atoms with E-state index in [0.717, 1.165) is 19.3 Å². The van der Waals surface area contributed by atoms with Gasteiger partial charge in [0.2, 0.25) is 15.9 Å². The number of halogens is 1. The molecule has 2 aromatic carbocycles. The SMILES string of the molecule is CN(C)S(=O)(=O)c1ccc(NC(=O)Cc2csc(-c3cccc(Br)c3)n2)cc1. The molecule has 0 atom stereocenters. The van der Waals surface area contributed by atoms with Crippen LogP contribution in [-0.4, -0.2) is 37.7 Å². The molecule has 1 aromatic heterocycles. The van der Waals surface area contributed by atoms with Gasteiger partial charge in [-0.25, -0.2) is 17.7 Å². The largest absolute Gasteiger partial charge is 0.326 e. The summed E-state index contributed by atoms with van der Waals surface area (Å²) < 4.78 is 26.3. The summed E-state index contributed by atoms with van der Waals surface area (Å²) in [6.45, 7) is 0. The third-order valence-electron chi connectivity index (χ3n) is 3.88. The highest BCUT2D eigenvalue weighted by Gasteiger charge is 2.17. The van der Waals surface area contributed by atoms with E-state index >= 15 is 0 Å². The number of nitrogens with zero attached hydrogens (tertiary/aromatic N) is 2. The van der Waals surface area contributed by atoms with Crippen LogP contribution in [0.4, 0.5) is 5.69 Å². The Hall–Kier alpha value is -2.07. The molecule has 0 radical (unpaired) electrons. The van der Waals surface area contributed by atoms with Crippen molar-refractivity contribution in [2.45, 2.75) is 11.3 Å². The zero-order valence-corrected chi connectivity index (χ0v) is 18.4. The lowest BCUT2D eigenvalue weighted by Gasteiger charge is -2.11. The summed E-state index contributed by atoms with van der Waals surface area (Å²) in [7, 11) is -0.542. The van der Waals surface area contributed by atoms with E-state index in [1.807, 2.05) is 29.6 Å². The first-order valence-electron chi connectivity index (χ1n) is 8.28. The molecule has 1 N–H and O–H groups in total. The predicted molar refractivity (Wildman–Crippen MR) is 115 cm³/mol. The highest BCUT2D eigenvalue weighted by atomic mass is 79.9. The van der Waals surface area contributed by atoms with Gasteiger partial charge in [-0.15, -0.1) is 11.3 Å². The number of hydrogen-bond acceptors (Lipinski definition) is 5. The van der Waals surface area contributed by atoms with E-state index in [2.05, 4.69) is 26.2 Å². The van der Waals surface area contributed by atoms with Gasteiger partial charge in [0.25, 0.3) is 0 Å². The van der Waals surface area contributed by atoms with Gasteiger partial charge in [0.1, 0.15) is 5.01 Å². The Balaban J connectivity index is 1.65. The number of carbonyl (C=O) groups excluding carboxylic acids is 1. The van der Waals surface area contributed by atoms with Crippen molar-refractivity contribution in [1.82, 2.24) is 9.29 Å². The first kappa shape index (κ1) is 20.7. The van der Waals surface area contributed by atoms with Crippen LogP contribution >= 0.6 is 27.3 Å². The lowest BCUT2D eigenvalue weighted by molar-refractivity contribution is -0.115. The van der Waals surface area contributed by atoms with E-state index in [-0.39, 0.29) is 17.2 Å². The van der Waals surface area contributed by atoms with E-state index in [1.54, 1.807) is 12.1 Å². The third-order valence-corrected chi connectivity index (χ3v) is 7.14. The standard InChI is InChI=1S/C19H18BrN3O3S2/c1-23(2)28(25,26)17-8-6-15(7-9-17)21-18(24)11-16-12-27-19(22-16)13-4-3-5-14(20)10-13/h3-10,12H,11H2,1-2H3,(H,21,24). The number of thiazole rings is 1. The molecule has 0 saturated heterocycles. The maximum atomic E-state index is 12.3. The molecule has 0 aliphatic carbocycles. The number of aromatic nitrogens is 1. The lowest BCUT2D eigenvalue weighted by Crippen LogP contribution is -2.22. The average Bonchev–Trinajstić information content (AvgIpc) is 3.10. The predicted octanol–water partition coefficient (Wildman–Crippen LogP) is 4.00. The molecule has 0 saturated carbocycles. The van der Waals surface area contributed by atoms with Gasteiger partial charge in [-0.2, -0.15) is 0 Å². The van der Waals surface area contributed by atoms with Gasteiger partial charge < -0.3 is 5.32 Å². The molecule has 0 unspecified atom stereocenters. The average molecular weight is 480 g/mol. The van der Waals surface area contributed by atoms with E-state index in [0.29, 0.717) is 11.4 Å². The van der Waals surface area contributed by atoms with Crippen LogP contribution in [0.15, 0.2) is 63.3 Å². The van der Waals surface area contributed by atoms with Crippen LogP contribution in [-0.2, 0) is 21.2 Å². The fourth-order valence-electron chi connectivity index (χ4n) is 2.43. The highest BCUT2D eigenvalue weighted by Crippen LogP contribution is 2.26. The summed E-state index contributed by atoms with van der Waals surface area (Å²) in [4.78, 5) is 17.0. The van der Waals surface area contributed by atoms with Crippen LogP contribution < -0.4 is 5.32 Å². The molecule has 0 spiro atoms. The van der Waals surface area contributed by atoms with Crippen molar-refractivity contribution in [3.05, 3.63) is 64.1 Å². The first-order valence-corrected chi connectivity index (χ1v) is 11.4. The van der Waals surface area contributed by atoms with Crippen LogP contribution in [0, 0.1) is 0 Å². The minimum Gasteiger partial charge on any atom is -0.326 e. The number of nitrogens with one attached hydrogen (secondary N) is 1. The molecule has 3 rings (SSSR count). The number of anilines is 1. The van der Waals surface area contributed by atoms with Gasteiger partial charge in [-0.05, 0) is 36.4 Å². The van der Waals surface area contributed by atoms with Crippen molar-refractivity contribution in [3.63, 3.8) is 0 Å². The number of carbonyl (C=O) groups is 1. The zero-order valence-electron chi connectivity index (χ0n) is 15.2. The maximum absolute atomic E-state index is 12.3. The van der Waals surface area contributed by atoms with Crippen molar-refractivity contribution in [1.29, 1.82) is 0 Å². The van der Waals surface area contributed by atoms with E-state index in [4.69, 9.17) is 0 Å². The van der Waals surface area contributed by atoms with Gasteiger partial charge in [-0.3, -0.25) is 4.79 Å². The Bertz CT molecular complexity index is 1090. The van der Waals surface area contributed by atoms with Gasteiger partial charge >= 0.3 is 0 Å². The molecular formula is C19H18BrN3O3S2. The molecule has 0 aliphatic rings. The Morgan fingerprint density at radius 2 is 1.89 bits per heavy atom.